The Balaban J connectivity index is 2.80. The van der Waals surface area contributed by atoms with Crippen LogP contribution in [0.2, 0.25) is 0 Å². The minimum Gasteiger partial charge on any atom is -0.218 e. The zero-order valence-corrected chi connectivity index (χ0v) is 10.6. The van der Waals surface area contributed by atoms with E-state index < -0.39 is 9.84 Å². The molecule has 0 spiro atoms. The van der Waals surface area contributed by atoms with Crippen LogP contribution >= 0.6 is 0 Å². The number of benzene rings is 2. The lowest BCUT2D eigenvalue weighted by atomic mass is 10.1. The first-order chi connectivity index (χ1) is 9.11. The van der Waals surface area contributed by atoms with Crippen molar-refractivity contribution in [2.75, 3.05) is 0 Å². The Morgan fingerprint density at radius 1 is 0.789 bits per heavy atom. The molecule has 2 aromatic rings. The van der Waals surface area contributed by atoms with E-state index in [1.165, 1.54) is 30.3 Å². The molecule has 0 aliphatic heterocycles. The molecule has 0 fully saturated rings. The minimum absolute atomic E-state index is 0.0251. The molecule has 5 heteroatoms. The van der Waals surface area contributed by atoms with Gasteiger partial charge in [-0.1, -0.05) is 24.3 Å². The quantitative estimate of drug-likeness (QED) is 0.836. The summed E-state index contributed by atoms with van der Waals surface area (Å²) in [5.74, 6) is 0. The monoisotopic (exact) mass is 268 g/mol. The summed E-state index contributed by atoms with van der Waals surface area (Å²) in [6.45, 7) is 0. The number of nitrogens with zero attached hydrogens (tertiary/aromatic N) is 2. The van der Waals surface area contributed by atoms with E-state index in [0.29, 0.717) is 0 Å². The molecule has 2 aromatic carbocycles. The van der Waals surface area contributed by atoms with Gasteiger partial charge in [0.25, 0.3) is 0 Å². The lowest BCUT2D eigenvalue weighted by Gasteiger charge is -2.07. The van der Waals surface area contributed by atoms with Crippen LogP contribution in [-0.2, 0) is 9.84 Å². The van der Waals surface area contributed by atoms with Crippen molar-refractivity contribution in [1.82, 2.24) is 0 Å². The van der Waals surface area contributed by atoms with E-state index >= 15 is 0 Å². The third kappa shape index (κ3) is 2.20. The molecule has 0 aromatic heterocycles. The molecule has 0 amide bonds. The fourth-order valence-corrected chi connectivity index (χ4v) is 3.28. The standard InChI is InChI=1S/C14H8N2O2S/c15-9-11-5-4-6-12(10-16)14(11)19(17,18)13-7-2-1-3-8-13/h1-8H. The van der Waals surface area contributed by atoms with Crippen molar-refractivity contribution in [3.63, 3.8) is 0 Å². The maximum Gasteiger partial charge on any atom is 0.209 e. The highest BCUT2D eigenvalue weighted by atomic mass is 32.2. The average molecular weight is 268 g/mol. The topological polar surface area (TPSA) is 81.7 Å². The van der Waals surface area contributed by atoms with E-state index in [4.69, 9.17) is 10.5 Å². The fourth-order valence-electron chi connectivity index (χ4n) is 1.72. The van der Waals surface area contributed by atoms with Crippen molar-refractivity contribution in [1.29, 1.82) is 10.5 Å². The predicted octanol–water partition coefficient (Wildman–Crippen LogP) is 2.26. The van der Waals surface area contributed by atoms with Crippen LogP contribution in [0, 0.1) is 22.7 Å². The highest BCUT2D eigenvalue weighted by Gasteiger charge is 2.24. The summed E-state index contributed by atoms with van der Waals surface area (Å²) in [6.07, 6.45) is 0. The zero-order chi connectivity index (χ0) is 13.9. The van der Waals surface area contributed by atoms with Crippen LogP contribution < -0.4 is 0 Å². The summed E-state index contributed by atoms with van der Waals surface area (Å²) in [5, 5.41) is 18.0. The van der Waals surface area contributed by atoms with Gasteiger partial charge in [-0.25, -0.2) is 8.42 Å². The van der Waals surface area contributed by atoms with E-state index in [1.807, 2.05) is 12.1 Å². The molecular weight excluding hydrogens is 260 g/mol. The fraction of sp³-hybridized carbons (Fsp3) is 0. The van der Waals surface area contributed by atoms with Crippen LogP contribution in [0.5, 0.6) is 0 Å². The Labute approximate surface area is 111 Å². The third-order valence-corrected chi connectivity index (χ3v) is 4.45. The van der Waals surface area contributed by atoms with Gasteiger partial charge in [0.15, 0.2) is 0 Å². The summed E-state index contributed by atoms with van der Waals surface area (Å²) in [7, 11) is -3.87. The van der Waals surface area contributed by atoms with Gasteiger partial charge in [0, 0.05) is 0 Å². The maximum absolute atomic E-state index is 12.5. The highest BCUT2D eigenvalue weighted by Crippen LogP contribution is 2.26. The Bertz CT molecular complexity index is 765. The molecule has 0 radical (unpaired) electrons. The molecule has 4 nitrogen and oxygen atoms in total. The Morgan fingerprint density at radius 3 is 1.79 bits per heavy atom. The van der Waals surface area contributed by atoms with Crippen LogP contribution in [0.1, 0.15) is 11.1 Å². The number of nitriles is 2. The molecule has 0 saturated heterocycles. The molecule has 92 valence electrons. The van der Waals surface area contributed by atoms with Crippen molar-refractivity contribution < 1.29 is 8.42 Å². The van der Waals surface area contributed by atoms with Crippen molar-refractivity contribution >= 4 is 9.84 Å². The van der Waals surface area contributed by atoms with E-state index in [9.17, 15) is 8.42 Å². The molecule has 0 atom stereocenters. The highest BCUT2D eigenvalue weighted by molar-refractivity contribution is 7.91. The van der Waals surface area contributed by atoms with Crippen LogP contribution in [0.15, 0.2) is 58.3 Å². The zero-order valence-electron chi connectivity index (χ0n) is 9.74. The maximum atomic E-state index is 12.5. The molecule has 19 heavy (non-hydrogen) atoms. The van der Waals surface area contributed by atoms with Gasteiger partial charge in [0.2, 0.25) is 9.84 Å². The first-order valence-corrected chi connectivity index (χ1v) is 6.83. The van der Waals surface area contributed by atoms with Crippen LogP contribution in [0.4, 0.5) is 0 Å². The Morgan fingerprint density at radius 2 is 1.32 bits per heavy atom. The van der Waals surface area contributed by atoms with E-state index in [-0.39, 0.29) is 20.9 Å². The number of hydrogen-bond donors (Lipinski definition) is 0. The normalized spacial score (nSPS) is 10.4. The van der Waals surface area contributed by atoms with Gasteiger partial charge in [0.1, 0.15) is 17.0 Å². The van der Waals surface area contributed by atoms with Gasteiger partial charge in [-0.05, 0) is 24.3 Å². The summed E-state index contributed by atoms with van der Waals surface area (Å²) in [5.41, 5.74) is -0.0502. The van der Waals surface area contributed by atoms with Gasteiger partial charge < -0.3 is 0 Å². The summed E-state index contributed by atoms with van der Waals surface area (Å²) in [4.78, 5) is -0.166. The SMILES string of the molecule is N#Cc1cccc(C#N)c1S(=O)(=O)c1ccccc1. The molecule has 0 heterocycles. The lowest BCUT2D eigenvalue weighted by Crippen LogP contribution is -2.07. The van der Waals surface area contributed by atoms with Crippen molar-refractivity contribution in [2.45, 2.75) is 9.79 Å². The van der Waals surface area contributed by atoms with Crippen LogP contribution in [-0.4, -0.2) is 8.42 Å². The smallest absolute Gasteiger partial charge is 0.209 e. The molecule has 0 saturated carbocycles. The molecule has 2 rings (SSSR count). The summed E-state index contributed by atoms with van der Waals surface area (Å²) >= 11 is 0. The number of hydrogen-bond acceptors (Lipinski definition) is 4. The van der Waals surface area contributed by atoms with E-state index in [0.717, 1.165) is 0 Å². The Kier molecular flexibility index (Phi) is 3.33. The van der Waals surface area contributed by atoms with Crippen LogP contribution in [0.3, 0.4) is 0 Å². The molecule has 0 unspecified atom stereocenters. The first-order valence-electron chi connectivity index (χ1n) is 5.34. The first kappa shape index (κ1) is 12.8. The van der Waals surface area contributed by atoms with Gasteiger partial charge in [-0.15, -0.1) is 0 Å². The molecular formula is C14H8N2O2S. The molecule has 0 bridgehead atoms. The van der Waals surface area contributed by atoms with Gasteiger partial charge >= 0.3 is 0 Å². The summed E-state index contributed by atoms with van der Waals surface area (Å²) < 4.78 is 25.0. The third-order valence-electron chi connectivity index (χ3n) is 2.58. The molecule has 0 aliphatic carbocycles. The van der Waals surface area contributed by atoms with Crippen LogP contribution in [0.25, 0.3) is 0 Å². The Hall–Kier alpha value is -2.63. The minimum atomic E-state index is -3.87. The average Bonchev–Trinajstić information content (AvgIpc) is 2.47. The van der Waals surface area contributed by atoms with Crippen molar-refractivity contribution in [3.8, 4) is 12.1 Å². The summed E-state index contributed by atoms with van der Waals surface area (Å²) in [6, 6.07) is 15.6. The predicted molar refractivity (Wildman–Crippen MR) is 67.8 cm³/mol. The van der Waals surface area contributed by atoms with E-state index in [2.05, 4.69) is 0 Å². The number of sulfone groups is 1. The lowest BCUT2D eigenvalue weighted by molar-refractivity contribution is 0.595. The van der Waals surface area contributed by atoms with E-state index in [1.54, 1.807) is 18.2 Å². The second-order valence-corrected chi connectivity index (χ2v) is 5.61. The largest absolute Gasteiger partial charge is 0.218 e. The van der Waals surface area contributed by atoms with Crippen molar-refractivity contribution in [2.24, 2.45) is 0 Å². The van der Waals surface area contributed by atoms with Gasteiger partial charge in [-0.3, -0.25) is 0 Å². The molecule has 0 aliphatic rings. The van der Waals surface area contributed by atoms with Crippen molar-refractivity contribution in [3.05, 3.63) is 59.7 Å². The second kappa shape index (κ2) is 4.93. The molecule has 0 N–H and O–H groups in total. The van der Waals surface area contributed by atoms with Gasteiger partial charge in [-0.2, -0.15) is 10.5 Å². The van der Waals surface area contributed by atoms with Gasteiger partial charge in [0.05, 0.1) is 16.0 Å². The number of rotatable bonds is 2. The second-order valence-electron chi connectivity index (χ2n) is 3.72.